The van der Waals surface area contributed by atoms with Gasteiger partial charge in [0.2, 0.25) is 0 Å². The molecule has 0 aromatic rings. The molecule has 0 aliphatic rings. The molecule has 1 atom stereocenters. The van der Waals surface area contributed by atoms with Crippen LogP contribution in [0.25, 0.3) is 0 Å². The van der Waals surface area contributed by atoms with E-state index in [0.717, 1.165) is 5.92 Å². The second-order valence-corrected chi connectivity index (χ2v) is 5.74. The fraction of sp³-hybridized carbons (Fsp3) is 1.00. The Hall–Kier alpha value is -0.0400. The van der Waals surface area contributed by atoms with Crippen molar-refractivity contribution in [2.45, 2.75) is 91.4 Å². The summed E-state index contributed by atoms with van der Waals surface area (Å²) >= 11 is 0. The standard InChI is InChI=1S/C17H37N/c1-4-7-8-9-10-11-12-13-14-17(6-3)16-18-15-5-2/h17-18H,4-16H2,1-3H3. The predicted molar refractivity (Wildman–Crippen MR) is 84.2 cm³/mol. The van der Waals surface area contributed by atoms with E-state index in [-0.39, 0.29) is 0 Å². The van der Waals surface area contributed by atoms with Crippen LogP contribution in [0.4, 0.5) is 0 Å². The quantitative estimate of drug-likeness (QED) is 0.402. The first-order chi connectivity index (χ1) is 8.85. The van der Waals surface area contributed by atoms with Crippen LogP contribution in [0.15, 0.2) is 0 Å². The highest BCUT2D eigenvalue weighted by atomic mass is 14.8. The monoisotopic (exact) mass is 255 g/mol. The van der Waals surface area contributed by atoms with Gasteiger partial charge in [-0.3, -0.25) is 0 Å². The number of rotatable bonds is 14. The van der Waals surface area contributed by atoms with Gasteiger partial charge in [0.25, 0.3) is 0 Å². The fourth-order valence-electron chi connectivity index (χ4n) is 2.50. The van der Waals surface area contributed by atoms with Gasteiger partial charge in [-0.1, -0.05) is 78.6 Å². The predicted octanol–water partition coefficient (Wildman–Crippen LogP) is 5.54. The Labute approximate surface area is 116 Å². The van der Waals surface area contributed by atoms with Crippen molar-refractivity contribution in [2.75, 3.05) is 13.1 Å². The van der Waals surface area contributed by atoms with Crippen LogP contribution in [0, 0.1) is 5.92 Å². The second-order valence-electron chi connectivity index (χ2n) is 5.74. The summed E-state index contributed by atoms with van der Waals surface area (Å²) in [6.07, 6.45) is 15.6. The molecule has 1 N–H and O–H groups in total. The average Bonchev–Trinajstić information content (AvgIpc) is 2.40. The largest absolute Gasteiger partial charge is 0.316 e. The minimum absolute atomic E-state index is 0.914. The maximum Gasteiger partial charge on any atom is -0.00206 e. The van der Waals surface area contributed by atoms with E-state index in [2.05, 4.69) is 26.1 Å². The van der Waals surface area contributed by atoms with E-state index in [1.54, 1.807) is 0 Å². The van der Waals surface area contributed by atoms with Crippen molar-refractivity contribution in [3.63, 3.8) is 0 Å². The molecular formula is C17H37N. The number of hydrogen-bond donors (Lipinski definition) is 1. The third-order valence-electron chi connectivity index (χ3n) is 3.90. The zero-order valence-electron chi connectivity index (χ0n) is 13.3. The van der Waals surface area contributed by atoms with Gasteiger partial charge in [0.1, 0.15) is 0 Å². The van der Waals surface area contributed by atoms with Crippen molar-refractivity contribution in [1.82, 2.24) is 5.32 Å². The lowest BCUT2D eigenvalue weighted by Gasteiger charge is -2.15. The molecule has 0 spiro atoms. The summed E-state index contributed by atoms with van der Waals surface area (Å²) in [7, 11) is 0. The first-order valence-corrected chi connectivity index (χ1v) is 8.55. The summed E-state index contributed by atoms with van der Waals surface area (Å²) in [5, 5.41) is 3.56. The molecular weight excluding hydrogens is 218 g/mol. The van der Waals surface area contributed by atoms with Crippen LogP contribution >= 0.6 is 0 Å². The molecule has 1 heteroatoms. The molecule has 0 rings (SSSR count). The van der Waals surface area contributed by atoms with Gasteiger partial charge >= 0.3 is 0 Å². The molecule has 0 saturated carbocycles. The Morgan fingerprint density at radius 1 is 0.722 bits per heavy atom. The van der Waals surface area contributed by atoms with Crippen LogP contribution in [0.2, 0.25) is 0 Å². The Morgan fingerprint density at radius 2 is 1.33 bits per heavy atom. The zero-order chi connectivity index (χ0) is 13.5. The molecule has 0 radical (unpaired) electrons. The van der Waals surface area contributed by atoms with E-state index < -0.39 is 0 Å². The van der Waals surface area contributed by atoms with Gasteiger partial charge in [-0.25, -0.2) is 0 Å². The second kappa shape index (κ2) is 15.0. The van der Waals surface area contributed by atoms with E-state index in [1.807, 2.05) is 0 Å². The maximum atomic E-state index is 3.56. The smallest absolute Gasteiger partial charge is 0.00206 e. The number of nitrogens with one attached hydrogen (secondary N) is 1. The van der Waals surface area contributed by atoms with E-state index in [9.17, 15) is 0 Å². The van der Waals surface area contributed by atoms with Gasteiger partial charge in [-0.15, -0.1) is 0 Å². The molecule has 0 aromatic carbocycles. The molecule has 0 heterocycles. The van der Waals surface area contributed by atoms with Crippen molar-refractivity contribution < 1.29 is 0 Å². The molecule has 0 aliphatic carbocycles. The highest BCUT2D eigenvalue weighted by molar-refractivity contribution is 4.61. The van der Waals surface area contributed by atoms with E-state index in [4.69, 9.17) is 0 Å². The lowest BCUT2D eigenvalue weighted by atomic mass is 9.97. The van der Waals surface area contributed by atoms with E-state index in [1.165, 1.54) is 83.7 Å². The van der Waals surface area contributed by atoms with Crippen LogP contribution in [0.1, 0.15) is 91.4 Å². The summed E-state index contributed by atoms with van der Waals surface area (Å²) in [4.78, 5) is 0. The lowest BCUT2D eigenvalue weighted by Crippen LogP contribution is -2.23. The van der Waals surface area contributed by atoms with Gasteiger partial charge in [-0.2, -0.15) is 0 Å². The molecule has 1 nitrogen and oxygen atoms in total. The van der Waals surface area contributed by atoms with Gasteiger partial charge in [0.15, 0.2) is 0 Å². The number of hydrogen-bond acceptors (Lipinski definition) is 1. The highest BCUT2D eigenvalue weighted by Crippen LogP contribution is 2.15. The molecule has 0 aliphatic heterocycles. The highest BCUT2D eigenvalue weighted by Gasteiger charge is 2.04. The molecule has 18 heavy (non-hydrogen) atoms. The van der Waals surface area contributed by atoms with Crippen LogP contribution in [-0.4, -0.2) is 13.1 Å². The topological polar surface area (TPSA) is 12.0 Å². The Balaban J connectivity index is 3.23. The fourth-order valence-corrected chi connectivity index (χ4v) is 2.50. The third-order valence-corrected chi connectivity index (χ3v) is 3.90. The van der Waals surface area contributed by atoms with Gasteiger partial charge in [0, 0.05) is 0 Å². The van der Waals surface area contributed by atoms with Crippen molar-refractivity contribution in [1.29, 1.82) is 0 Å². The molecule has 1 unspecified atom stereocenters. The third kappa shape index (κ3) is 12.4. The molecule has 0 bridgehead atoms. The minimum Gasteiger partial charge on any atom is -0.316 e. The molecule has 0 saturated heterocycles. The van der Waals surface area contributed by atoms with E-state index >= 15 is 0 Å². The molecule has 110 valence electrons. The minimum atomic E-state index is 0.914. The normalized spacial score (nSPS) is 12.8. The number of unbranched alkanes of at least 4 members (excludes halogenated alkanes) is 7. The molecule has 0 amide bonds. The van der Waals surface area contributed by atoms with Gasteiger partial charge in [0.05, 0.1) is 0 Å². The van der Waals surface area contributed by atoms with Crippen LogP contribution in [0.5, 0.6) is 0 Å². The first-order valence-electron chi connectivity index (χ1n) is 8.55. The van der Waals surface area contributed by atoms with Crippen LogP contribution in [-0.2, 0) is 0 Å². The first kappa shape index (κ1) is 18.0. The lowest BCUT2D eigenvalue weighted by molar-refractivity contribution is 0.411. The van der Waals surface area contributed by atoms with Crippen LogP contribution < -0.4 is 5.32 Å². The van der Waals surface area contributed by atoms with E-state index in [0.29, 0.717) is 0 Å². The SMILES string of the molecule is CCCCCCCCCCC(CC)CNCCC. The Morgan fingerprint density at radius 3 is 1.89 bits per heavy atom. The summed E-state index contributed by atoms with van der Waals surface area (Å²) in [5.41, 5.74) is 0. The van der Waals surface area contributed by atoms with Crippen molar-refractivity contribution in [3.05, 3.63) is 0 Å². The van der Waals surface area contributed by atoms with Gasteiger partial charge in [-0.05, 0) is 31.8 Å². The van der Waals surface area contributed by atoms with Crippen LogP contribution in [0.3, 0.4) is 0 Å². The summed E-state index contributed by atoms with van der Waals surface area (Å²) in [5.74, 6) is 0.914. The Bertz CT molecular complexity index is 145. The summed E-state index contributed by atoms with van der Waals surface area (Å²) < 4.78 is 0. The maximum absolute atomic E-state index is 3.56. The molecule has 0 fully saturated rings. The summed E-state index contributed by atoms with van der Waals surface area (Å²) in [6, 6.07) is 0. The van der Waals surface area contributed by atoms with Crippen molar-refractivity contribution >= 4 is 0 Å². The molecule has 0 aromatic heterocycles. The Kier molecular flexibility index (Phi) is 15.0. The average molecular weight is 255 g/mol. The van der Waals surface area contributed by atoms with Gasteiger partial charge < -0.3 is 5.32 Å². The van der Waals surface area contributed by atoms with Crippen molar-refractivity contribution in [3.8, 4) is 0 Å². The zero-order valence-corrected chi connectivity index (χ0v) is 13.3. The summed E-state index contributed by atoms with van der Waals surface area (Å²) in [6.45, 7) is 9.29. The van der Waals surface area contributed by atoms with Crippen molar-refractivity contribution in [2.24, 2.45) is 5.92 Å².